The molecule has 1 atom stereocenters. The van der Waals surface area contributed by atoms with Crippen LogP contribution in [0.5, 0.6) is 0 Å². The lowest BCUT2D eigenvalue weighted by Gasteiger charge is -2.12. The molecule has 0 saturated heterocycles. The number of benzene rings is 2. The van der Waals surface area contributed by atoms with E-state index < -0.39 is 0 Å². The minimum absolute atomic E-state index is 0.0825. The SMILES string of the molecule is Cc1ccccc1-c1ccc(C(N)CCO)cc1. The summed E-state index contributed by atoms with van der Waals surface area (Å²) in [5.74, 6) is 0. The van der Waals surface area contributed by atoms with Gasteiger partial charge in [-0.3, -0.25) is 0 Å². The van der Waals surface area contributed by atoms with E-state index >= 15 is 0 Å². The third kappa shape index (κ3) is 2.78. The van der Waals surface area contributed by atoms with Crippen LogP contribution in [-0.2, 0) is 0 Å². The Hall–Kier alpha value is -1.64. The van der Waals surface area contributed by atoms with Crippen LogP contribution in [0.15, 0.2) is 48.5 Å². The van der Waals surface area contributed by atoms with Crippen molar-refractivity contribution < 1.29 is 5.11 Å². The molecule has 0 bridgehead atoms. The van der Waals surface area contributed by atoms with Gasteiger partial charge < -0.3 is 10.8 Å². The molecule has 18 heavy (non-hydrogen) atoms. The van der Waals surface area contributed by atoms with Crippen LogP contribution < -0.4 is 5.73 Å². The summed E-state index contributed by atoms with van der Waals surface area (Å²) in [5, 5.41) is 8.89. The molecule has 0 saturated carbocycles. The number of rotatable bonds is 4. The zero-order valence-electron chi connectivity index (χ0n) is 10.6. The average molecular weight is 241 g/mol. The third-order valence-corrected chi connectivity index (χ3v) is 3.24. The van der Waals surface area contributed by atoms with Crippen LogP contribution in [0.2, 0.25) is 0 Å². The lowest BCUT2D eigenvalue weighted by molar-refractivity contribution is 0.276. The average Bonchev–Trinajstić information content (AvgIpc) is 2.40. The van der Waals surface area contributed by atoms with Gasteiger partial charge in [0.15, 0.2) is 0 Å². The molecule has 0 fully saturated rings. The molecule has 0 amide bonds. The molecule has 0 aromatic heterocycles. The van der Waals surface area contributed by atoms with Gasteiger partial charge in [-0.2, -0.15) is 0 Å². The van der Waals surface area contributed by atoms with Gasteiger partial charge in [-0.15, -0.1) is 0 Å². The number of aryl methyl sites for hydroxylation is 1. The molecule has 0 aliphatic rings. The van der Waals surface area contributed by atoms with Gasteiger partial charge in [-0.25, -0.2) is 0 Å². The topological polar surface area (TPSA) is 46.2 Å². The zero-order chi connectivity index (χ0) is 13.0. The molecule has 2 rings (SSSR count). The van der Waals surface area contributed by atoms with Crippen molar-refractivity contribution in [1.82, 2.24) is 0 Å². The van der Waals surface area contributed by atoms with Crippen molar-refractivity contribution in [1.29, 1.82) is 0 Å². The highest BCUT2D eigenvalue weighted by Crippen LogP contribution is 2.24. The highest BCUT2D eigenvalue weighted by Gasteiger charge is 2.06. The van der Waals surface area contributed by atoms with Gasteiger partial charge in [-0.05, 0) is 35.6 Å². The van der Waals surface area contributed by atoms with Gasteiger partial charge >= 0.3 is 0 Å². The molecule has 0 aliphatic carbocycles. The monoisotopic (exact) mass is 241 g/mol. The molecule has 0 spiro atoms. The predicted molar refractivity (Wildman–Crippen MR) is 75.2 cm³/mol. The fraction of sp³-hybridized carbons (Fsp3) is 0.250. The van der Waals surface area contributed by atoms with Gasteiger partial charge in [0.25, 0.3) is 0 Å². The molecule has 2 heteroatoms. The molecular formula is C16H19NO. The largest absolute Gasteiger partial charge is 0.396 e. The summed E-state index contributed by atoms with van der Waals surface area (Å²) in [5.41, 5.74) is 10.8. The number of aliphatic hydroxyl groups excluding tert-OH is 1. The Bertz CT molecular complexity index is 505. The van der Waals surface area contributed by atoms with Crippen LogP contribution in [0.4, 0.5) is 0 Å². The summed E-state index contributed by atoms with van der Waals surface area (Å²) in [7, 11) is 0. The van der Waals surface area contributed by atoms with Gasteiger partial charge in [0.1, 0.15) is 0 Å². The van der Waals surface area contributed by atoms with Crippen molar-refractivity contribution in [2.24, 2.45) is 5.73 Å². The summed E-state index contributed by atoms with van der Waals surface area (Å²) in [6, 6.07) is 16.5. The van der Waals surface area contributed by atoms with Crippen molar-refractivity contribution in [3.8, 4) is 11.1 Å². The first-order valence-corrected chi connectivity index (χ1v) is 6.25. The van der Waals surface area contributed by atoms with E-state index in [4.69, 9.17) is 10.8 Å². The van der Waals surface area contributed by atoms with Gasteiger partial charge in [0, 0.05) is 12.6 Å². The Kier molecular flexibility index (Phi) is 4.13. The second-order valence-electron chi connectivity index (χ2n) is 4.56. The zero-order valence-corrected chi connectivity index (χ0v) is 10.6. The van der Waals surface area contributed by atoms with E-state index in [9.17, 15) is 0 Å². The number of nitrogens with two attached hydrogens (primary N) is 1. The van der Waals surface area contributed by atoms with E-state index in [-0.39, 0.29) is 12.6 Å². The van der Waals surface area contributed by atoms with E-state index in [0.29, 0.717) is 6.42 Å². The van der Waals surface area contributed by atoms with Crippen LogP contribution in [0.3, 0.4) is 0 Å². The first kappa shape index (κ1) is 12.8. The normalized spacial score (nSPS) is 12.4. The maximum atomic E-state index is 8.89. The predicted octanol–water partition coefficient (Wildman–Crippen LogP) is 3.04. The van der Waals surface area contributed by atoms with Crippen LogP contribution in [0, 0.1) is 6.92 Å². The van der Waals surface area contributed by atoms with Crippen molar-refractivity contribution >= 4 is 0 Å². The van der Waals surface area contributed by atoms with Gasteiger partial charge in [-0.1, -0.05) is 48.5 Å². The molecule has 1 unspecified atom stereocenters. The highest BCUT2D eigenvalue weighted by molar-refractivity contribution is 5.67. The third-order valence-electron chi connectivity index (χ3n) is 3.24. The lowest BCUT2D eigenvalue weighted by Crippen LogP contribution is -2.11. The van der Waals surface area contributed by atoms with Crippen molar-refractivity contribution in [2.45, 2.75) is 19.4 Å². The van der Waals surface area contributed by atoms with Crippen molar-refractivity contribution in [2.75, 3.05) is 6.61 Å². The summed E-state index contributed by atoms with van der Waals surface area (Å²) in [6.45, 7) is 2.24. The summed E-state index contributed by atoms with van der Waals surface area (Å²) < 4.78 is 0. The first-order valence-electron chi connectivity index (χ1n) is 6.25. The maximum absolute atomic E-state index is 8.89. The summed E-state index contributed by atoms with van der Waals surface area (Å²) in [6.07, 6.45) is 0.601. The number of hydrogen-bond acceptors (Lipinski definition) is 2. The van der Waals surface area contributed by atoms with E-state index in [1.54, 1.807) is 0 Å². The second kappa shape index (κ2) is 5.80. The van der Waals surface area contributed by atoms with Crippen LogP contribution in [-0.4, -0.2) is 11.7 Å². The van der Waals surface area contributed by atoms with Crippen molar-refractivity contribution in [3.05, 3.63) is 59.7 Å². The molecule has 0 radical (unpaired) electrons. The molecule has 2 aromatic carbocycles. The van der Waals surface area contributed by atoms with Crippen LogP contribution >= 0.6 is 0 Å². The molecule has 0 aliphatic heterocycles. The highest BCUT2D eigenvalue weighted by atomic mass is 16.3. The van der Waals surface area contributed by atoms with Crippen LogP contribution in [0.25, 0.3) is 11.1 Å². The fourth-order valence-corrected chi connectivity index (χ4v) is 2.11. The van der Waals surface area contributed by atoms with Crippen LogP contribution in [0.1, 0.15) is 23.6 Å². The molecule has 0 heterocycles. The summed E-state index contributed by atoms with van der Waals surface area (Å²) >= 11 is 0. The second-order valence-corrected chi connectivity index (χ2v) is 4.56. The Balaban J connectivity index is 2.25. The van der Waals surface area contributed by atoms with E-state index in [0.717, 1.165) is 5.56 Å². The standard InChI is InChI=1S/C16H19NO/c1-12-4-2-3-5-15(12)13-6-8-14(9-7-13)16(17)10-11-18/h2-9,16,18H,10-11,17H2,1H3. The summed E-state index contributed by atoms with van der Waals surface area (Å²) in [4.78, 5) is 0. The van der Waals surface area contributed by atoms with E-state index in [1.165, 1.54) is 16.7 Å². The number of hydrogen-bond donors (Lipinski definition) is 2. The Labute approximate surface area is 108 Å². The molecule has 3 N–H and O–H groups in total. The van der Waals surface area contributed by atoms with Gasteiger partial charge in [0.05, 0.1) is 0 Å². The fourth-order valence-electron chi connectivity index (χ4n) is 2.11. The Morgan fingerprint density at radius 3 is 2.33 bits per heavy atom. The Morgan fingerprint density at radius 2 is 1.72 bits per heavy atom. The molecule has 2 nitrogen and oxygen atoms in total. The number of aliphatic hydroxyl groups is 1. The Morgan fingerprint density at radius 1 is 1.06 bits per heavy atom. The minimum atomic E-state index is -0.0825. The van der Waals surface area contributed by atoms with E-state index in [2.05, 4.69) is 31.2 Å². The molecule has 94 valence electrons. The minimum Gasteiger partial charge on any atom is -0.396 e. The van der Waals surface area contributed by atoms with E-state index in [1.807, 2.05) is 24.3 Å². The first-order chi connectivity index (χ1) is 8.72. The maximum Gasteiger partial charge on any atom is 0.0449 e. The quantitative estimate of drug-likeness (QED) is 0.864. The van der Waals surface area contributed by atoms with Gasteiger partial charge in [0.2, 0.25) is 0 Å². The molecule has 2 aromatic rings. The smallest absolute Gasteiger partial charge is 0.0449 e. The molecular weight excluding hydrogens is 222 g/mol. The van der Waals surface area contributed by atoms with Crippen molar-refractivity contribution in [3.63, 3.8) is 0 Å². The lowest BCUT2D eigenvalue weighted by atomic mass is 9.97.